The minimum Gasteiger partial charge on any atom is -0.481 e. The van der Waals surface area contributed by atoms with Crippen LogP contribution >= 0.6 is 0 Å². The van der Waals surface area contributed by atoms with Gasteiger partial charge < -0.3 is 10.0 Å². The molecule has 0 saturated carbocycles. The lowest BCUT2D eigenvalue weighted by atomic mass is 10.0. The van der Waals surface area contributed by atoms with Gasteiger partial charge in [-0.1, -0.05) is 48.0 Å². The maximum Gasteiger partial charge on any atom is 0.312 e. The number of hydrogen-bond acceptors (Lipinski definition) is 2. The zero-order valence-corrected chi connectivity index (χ0v) is 11.4. The molecule has 0 fully saturated rings. The fraction of sp³-hybridized carbons (Fsp3) is 0.235. The van der Waals surface area contributed by atoms with Gasteiger partial charge in [0.25, 0.3) is 0 Å². The van der Waals surface area contributed by atoms with E-state index in [1.165, 1.54) is 11.1 Å². The van der Waals surface area contributed by atoms with Gasteiger partial charge >= 0.3 is 5.97 Å². The molecule has 3 rings (SSSR count). The van der Waals surface area contributed by atoms with E-state index in [0.29, 0.717) is 6.54 Å². The molecule has 102 valence electrons. The van der Waals surface area contributed by atoms with Gasteiger partial charge in [0.05, 0.1) is 0 Å². The summed E-state index contributed by atoms with van der Waals surface area (Å²) in [5.74, 6) is -1.17. The van der Waals surface area contributed by atoms with Crippen molar-refractivity contribution in [1.29, 1.82) is 0 Å². The largest absolute Gasteiger partial charge is 0.481 e. The van der Waals surface area contributed by atoms with Crippen LogP contribution in [0.5, 0.6) is 0 Å². The molecule has 0 aliphatic carbocycles. The van der Waals surface area contributed by atoms with Crippen LogP contribution in [0, 0.1) is 6.92 Å². The van der Waals surface area contributed by atoms with E-state index in [-0.39, 0.29) is 0 Å². The topological polar surface area (TPSA) is 40.5 Å². The number of rotatable bonds is 3. The summed E-state index contributed by atoms with van der Waals surface area (Å²) < 4.78 is 0. The third-order valence-electron chi connectivity index (χ3n) is 3.81. The predicted molar refractivity (Wildman–Crippen MR) is 79.0 cm³/mol. The molecule has 0 bridgehead atoms. The molecule has 1 N–H and O–H groups in total. The average Bonchev–Trinajstić information content (AvgIpc) is 2.78. The first kappa shape index (κ1) is 12.7. The Morgan fingerprint density at radius 1 is 1.25 bits per heavy atom. The highest BCUT2D eigenvalue weighted by molar-refractivity contribution is 5.82. The standard InChI is InChI=1S/C17H17NO2/c1-12-5-4-6-13(9-12)10-18-11-15(17(19)20)14-7-2-3-8-16(14)18/h2-9,15H,10-11H2,1H3,(H,19,20). The normalized spacial score (nSPS) is 17.1. The minimum absolute atomic E-state index is 0.420. The van der Waals surface area contributed by atoms with Crippen LogP contribution in [0.3, 0.4) is 0 Å². The zero-order valence-electron chi connectivity index (χ0n) is 11.4. The van der Waals surface area contributed by atoms with Crippen molar-refractivity contribution in [1.82, 2.24) is 0 Å². The van der Waals surface area contributed by atoms with Crippen molar-refractivity contribution in [3.05, 3.63) is 65.2 Å². The van der Waals surface area contributed by atoms with E-state index < -0.39 is 11.9 Å². The summed E-state index contributed by atoms with van der Waals surface area (Å²) in [5, 5.41) is 9.36. The summed E-state index contributed by atoms with van der Waals surface area (Å²) in [7, 11) is 0. The predicted octanol–water partition coefficient (Wildman–Crippen LogP) is 3.18. The van der Waals surface area contributed by atoms with Crippen molar-refractivity contribution in [2.45, 2.75) is 19.4 Å². The molecular weight excluding hydrogens is 250 g/mol. The smallest absolute Gasteiger partial charge is 0.312 e. The van der Waals surface area contributed by atoms with E-state index in [0.717, 1.165) is 17.8 Å². The van der Waals surface area contributed by atoms with Gasteiger partial charge in [-0.3, -0.25) is 4.79 Å². The Balaban J connectivity index is 1.90. The summed E-state index contributed by atoms with van der Waals surface area (Å²) in [6.45, 7) is 3.37. The maximum absolute atomic E-state index is 11.4. The van der Waals surface area contributed by atoms with Gasteiger partial charge in [0, 0.05) is 18.8 Å². The van der Waals surface area contributed by atoms with E-state index in [1.54, 1.807) is 0 Å². The molecule has 0 spiro atoms. The summed E-state index contributed by atoms with van der Waals surface area (Å²) in [5.41, 5.74) is 4.41. The first-order valence-electron chi connectivity index (χ1n) is 6.77. The number of carboxylic acid groups (broad SMARTS) is 1. The lowest BCUT2D eigenvalue weighted by Crippen LogP contribution is -2.24. The fourth-order valence-electron chi connectivity index (χ4n) is 2.88. The van der Waals surface area contributed by atoms with Gasteiger partial charge in [0.2, 0.25) is 0 Å². The Kier molecular flexibility index (Phi) is 3.18. The van der Waals surface area contributed by atoms with Gasteiger partial charge in [0.1, 0.15) is 5.92 Å². The number of anilines is 1. The second-order valence-electron chi connectivity index (χ2n) is 5.32. The fourth-order valence-corrected chi connectivity index (χ4v) is 2.88. The molecule has 0 radical (unpaired) electrons. The van der Waals surface area contributed by atoms with Crippen molar-refractivity contribution in [3.8, 4) is 0 Å². The number of aliphatic carboxylic acids is 1. The second-order valence-corrected chi connectivity index (χ2v) is 5.32. The van der Waals surface area contributed by atoms with Crippen molar-refractivity contribution in [2.75, 3.05) is 11.4 Å². The second kappa shape index (κ2) is 5.00. The minimum atomic E-state index is -0.746. The molecule has 2 aromatic carbocycles. The highest BCUT2D eigenvalue weighted by atomic mass is 16.4. The van der Waals surface area contributed by atoms with Gasteiger partial charge in [0.15, 0.2) is 0 Å². The van der Waals surface area contributed by atoms with Gasteiger partial charge in [-0.15, -0.1) is 0 Å². The van der Waals surface area contributed by atoms with Crippen LogP contribution in [0.2, 0.25) is 0 Å². The molecule has 1 atom stereocenters. The Morgan fingerprint density at radius 3 is 2.80 bits per heavy atom. The molecule has 1 heterocycles. The van der Waals surface area contributed by atoms with Crippen molar-refractivity contribution in [3.63, 3.8) is 0 Å². The molecule has 0 amide bonds. The zero-order chi connectivity index (χ0) is 14.1. The molecule has 20 heavy (non-hydrogen) atoms. The monoisotopic (exact) mass is 267 g/mol. The summed E-state index contributed by atoms with van der Waals surface area (Å²) in [4.78, 5) is 13.5. The van der Waals surface area contributed by atoms with E-state index in [2.05, 4.69) is 30.0 Å². The number of benzene rings is 2. The van der Waals surface area contributed by atoms with Crippen LogP contribution in [0.25, 0.3) is 0 Å². The first-order valence-corrected chi connectivity index (χ1v) is 6.77. The number of nitrogens with zero attached hydrogens (tertiary/aromatic N) is 1. The Morgan fingerprint density at radius 2 is 2.05 bits per heavy atom. The van der Waals surface area contributed by atoms with Crippen molar-refractivity contribution < 1.29 is 9.90 Å². The SMILES string of the molecule is Cc1cccc(CN2CC(C(=O)O)c3ccccc32)c1. The highest BCUT2D eigenvalue weighted by Crippen LogP contribution is 2.37. The van der Waals surface area contributed by atoms with Gasteiger partial charge in [-0.05, 0) is 24.1 Å². The molecule has 0 aromatic heterocycles. The van der Waals surface area contributed by atoms with Gasteiger partial charge in [-0.2, -0.15) is 0 Å². The molecule has 0 saturated heterocycles. The number of para-hydroxylation sites is 1. The quantitative estimate of drug-likeness (QED) is 0.928. The number of fused-ring (bicyclic) bond motifs is 1. The molecule has 1 unspecified atom stereocenters. The van der Waals surface area contributed by atoms with Crippen LogP contribution in [0.15, 0.2) is 48.5 Å². The van der Waals surface area contributed by atoms with E-state index in [9.17, 15) is 9.90 Å². The third-order valence-corrected chi connectivity index (χ3v) is 3.81. The summed E-state index contributed by atoms with van der Waals surface area (Å²) in [6.07, 6.45) is 0. The number of hydrogen-bond donors (Lipinski definition) is 1. The number of carbonyl (C=O) groups is 1. The Labute approximate surface area is 118 Å². The highest BCUT2D eigenvalue weighted by Gasteiger charge is 2.32. The van der Waals surface area contributed by atoms with Crippen LogP contribution in [-0.2, 0) is 11.3 Å². The molecule has 2 aromatic rings. The van der Waals surface area contributed by atoms with Crippen LogP contribution in [-0.4, -0.2) is 17.6 Å². The van der Waals surface area contributed by atoms with Crippen LogP contribution in [0.4, 0.5) is 5.69 Å². The maximum atomic E-state index is 11.4. The van der Waals surface area contributed by atoms with E-state index >= 15 is 0 Å². The van der Waals surface area contributed by atoms with E-state index in [1.807, 2.05) is 30.3 Å². The van der Waals surface area contributed by atoms with Gasteiger partial charge in [-0.25, -0.2) is 0 Å². The van der Waals surface area contributed by atoms with Crippen LogP contribution < -0.4 is 4.90 Å². The van der Waals surface area contributed by atoms with Crippen molar-refractivity contribution >= 4 is 11.7 Å². The lowest BCUT2D eigenvalue weighted by molar-refractivity contribution is -0.138. The number of aryl methyl sites for hydroxylation is 1. The number of carboxylic acids is 1. The van der Waals surface area contributed by atoms with E-state index in [4.69, 9.17) is 0 Å². The Bertz CT molecular complexity index is 651. The van der Waals surface area contributed by atoms with Crippen molar-refractivity contribution in [2.24, 2.45) is 0 Å². The third kappa shape index (κ3) is 2.27. The first-order chi connectivity index (χ1) is 9.65. The molecular formula is C17H17NO2. The molecule has 1 aliphatic rings. The molecule has 3 heteroatoms. The summed E-state index contributed by atoms with van der Waals surface area (Å²) in [6, 6.07) is 16.2. The molecule has 3 nitrogen and oxygen atoms in total. The average molecular weight is 267 g/mol. The lowest BCUT2D eigenvalue weighted by Gasteiger charge is -2.19. The van der Waals surface area contributed by atoms with Crippen LogP contribution in [0.1, 0.15) is 22.6 Å². The molecule has 1 aliphatic heterocycles. The summed E-state index contributed by atoms with van der Waals surface area (Å²) >= 11 is 0. The Hall–Kier alpha value is -2.29.